The predicted molar refractivity (Wildman–Crippen MR) is 73.5 cm³/mol. The second kappa shape index (κ2) is 4.86. The number of halogens is 2. The highest BCUT2D eigenvalue weighted by Crippen LogP contribution is 2.27. The first-order valence-electron chi connectivity index (χ1n) is 6.56. The van der Waals surface area contributed by atoms with Gasteiger partial charge in [0.25, 0.3) is 0 Å². The molecule has 1 aromatic heterocycles. The van der Waals surface area contributed by atoms with Gasteiger partial charge in [-0.05, 0) is 31.0 Å². The van der Waals surface area contributed by atoms with Crippen LogP contribution in [0, 0.1) is 18.6 Å². The minimum absolute atomic E-state index is 0.142. The van der Waals surface area contributed by atoms with E-state index < -0.39 is 11.6 Å². The van der Waals surface area contributed by atoms with E-state index in [2.05, 4.69) is 10.2 Å². The van der Waals surface area contributed by atoms with Crippen LogP contribution in [0.2, 0.25) is 0 Å². The molecule has 6 heteroatoms. The van der Waals surface area contributed by atoms with Crippen molar-refractivity contribution in [3.05, 3.63) is 35.4 Å². The Labute approximate surface area is 115 Å². The largest absolute Gasteiger partial charge is 0.354 e. The number of aryl methyl sites for hydroxylation is 1. The number of rotatable bonds is 2. The van der Waals surface area contributed by atoms with Crippen LogP contribution in [0.5, 0.6) is 0 Å². The molecule has 106 valence electrons. The lowest BCUT2D eigenvalue weighted by Crippen LogP contribution is -2.26. The Morgan fingerprint density at radius 3 is 2.80 bits per heavy atom. The molecule has 0 aliphatic carbocycles. The van der Waals surface area contributed by atoms with Gasteiger partial charge in [-0.3, -0.25) is 5.10 Å². The molecule has 2 heterocycles. The van der Waals surface area contributed by atoms with Gasteiger partial charge in [0.15, 0.2) is 5.82 Å². The van der Waals surface area contributed by atoms with Gasteiger partial charge in [0.1, 0.15) is 11.6 Å². The number of nitrogens with zero attached hydrogens (tertiary/aromatic N) is 2. The van der Waals surface area contributed by atoms with Crippen LogP contribution in [0.15, 0.2) is 18.2 Å². The highest BCUT2D eigenvalue weighted by Gasteiger charge is 2.22. The second-order valence-corrected chi connectivity index (χ2v) is 5.22. The van der Waals surface area contributed by atoms with E-state index in [0.29, 0.717) is 11.5 Å². The molecule has 1 fully saturated rings. The number of aromatic nitrogens is 2. The molecule has 1 atom stereocenters. The van der Waals surface area contributed by atoms with Gasteiger partial charge in [-0.25, -0.2) is 8.78 Å². The Bertz CT molecular complexity index is 638. The van der Waals surface area contributed by atoms with Crippen LogP contribution in [-0.2, 0) is 0 Å². The van der Waals surface area contributed by atoms with Crippen LogP contribution in [0.1, 0.15) is 12.0 Å². The fourth-order valence-electron chi connectivity index (χ4n) is 2.46. The van der Waals surface area contributed by atoms with Crippen molar-refractivity contribution in [3.8, 4) is 11.3 Å². The summed E-state index contributed by atoms with van der Waals surface area (Å²) in [6.45, 7) is 3.09. The summed E-state index contributed by atoms with van der Waals surface area (Å²) in [6, 6.07) is 4.25. The van der Waals surface area contributed by atoms with Gasteiger partial charge < -0.3 is 10.6 Å². The maximum atomic E-state index is 13.9. The third-order valence-electron chi connectivity index (χ3n) is 3.65. The molecule has 4 nitrogen and oxygen atoms in total. The third-order valence-corrected chi connectivity index (χ3v) is 3.65. The van der Waals surface area contributed by atoms with Gasteiger partial charge in [-0.2, -0.15) is 5.10 Å². The zero-order valence-corrected chi connectivity index (χ0v) is 11.2. The zero-order valence-electron chi connectivity index (χ0n) is 11.2. The maximum Gasteiger partial charge on any atom is 0.151 e. The first-order chi connectivity index (χ1) is 9.54. The van der Waals surface area contributed by atoms with Crippen LogP contribution >= 0.6 is 0 Å². The molecule has 1 aliphatic rings. The molecular weight excluding hydrogens is 262 g/mol. The summed E-state index contributed by atoms with van der Waals surface area (Å²) in [5, 5.41) is 6.92. The van der Waals surface area contributed by atoms with E-state index in [0.717, 1.165) is 19.5 Å². The van der Waals surface area contributed by atoms with Crippen molar-refractivity contribution in [2.24, 2.45) is 5.73 Å². The maximum absolute atomic E-state index is 13.9. The molecule has 1 aliphatic heterocycles. The first kappa shape index (κ1) is 13.1. The van der Waals surface area contributed by atoms with Crippen LogP contribution in [0.3, 0.4) is 0 Å². The van der Waals surface area contributed by atoms with Crippen molar-refractivity contribution in [1.29, 1.82) is 0 Å². The molecule has 0 amide bonds. The number of aromatic amines is 1. The van der Waals surface area contributed by atoms with Gasteiger partial charge in [0, 0.05) is 30.8 Å². The molecule has 1 aromatic carbocycles. The van der Waals surface area contributed by atoms with Crippen molar-refractivity contribution in [2.75, 3.05) is 18.0 Å². The van der Waals surface area contributed by atoms with Gasteiger partial charge in [-0.15, -0.1) is 0 Å². The standard InChI is InChI=1S/C14H16F2N4/c1-8-4-12(16)10(5-11(8)15)13-6-14(19-18-13)20-3-2-9(17)7-20/h4-6,9H,2-3,7,17H2,1H3,(H,18,19). The fraction of sp³-hybridized carbons (Fsp3) is 0.357. The number of H-pyrrole nitrogens is 1. The average molecular weight is 278 g/mol. The van der Waals surface area contributed by atoms with Crippen LogP contribution < -0.4 is 10.6 Å². The van der Waals surface area contributed by atoms with Gasteiger partial charge in [0.2, 0.25) is 0 Å². The summed E-state index contributed by atoms with van der Waals surface area (Å²) in [7, 11) is 0. The summed E-state index contributed by atoms with van der Waals surface area (Å²) in [6.07, 6.45) is 0.912. The molecule has 1 saturated heterocycles. The van der Waals surface area contributed by atoms with Crippen molar-refractivity contribution in [2.45, 2.75) is 19.4 Å². The summed E-state index contributed by atoms with van der Waals surface area (Å²) in [4.78, 5) is 2.03. The summed E-state index contributed by atoms with van der Waals surface area (Å²) in [5.74, 6) is -0.175. The minimum atomic E-state index is -0.461. The van der Waals surface area contributed by atoms with Crippen molar-refractivity contribution in [3.63, 3.8) is 0 Å². The normalized spacial score (nSPS) is 18.8. The topological polar surface area (TPSA) is 57.9 Å². The molecule has 2 aromatic rings. The van der Waals surface area contributed by atoms with Crippen LogP contribution in [0.4, 0.5) is 14.6 Å². The van der Waals surface area contributed by atoms with Gasteiger partial charge in [-0.1, -0.05) is 0 Å². The molecule has 3 rings (SSSR count). The van der Waals surface area contributed by atoms with E-state index >= 15 is 0 Å². The lowest BCUT2D eigenvalue weighted by atomic mass is 10.1. The smallest absolute Gasteiger partial charge is 0.151 e. The molecule has 3 N–H and O–H groups in total. The molecule has 0 saturated carbocycles. The van der Waals surface area contributed by atoms with Crippen molar-refractivity contribution in [1.82, 2.24) is 10.2 Å². The summed E-state index contributed by atoms with van der Waals surface area (Å²) >= 11 is 0. The third kappa shape index (κ3) is 2.27. The second-order valence-electron chi connectivity index (χ2n) is 5.22. The number of hydrogen-bond donors (Lipinski definition) is 2. The number of nitrogens with two attached hydrogens (primary N) is 1. The first-order valence-corrected chi connectivity index (χ1v) is 6.56. The van der Waals surface area contributed by atoms with E-state index in [-0.39, 0.29) is 17.2 Å². The molecule has 1 unspecified atom stereocenters. The van der Waals surface area contributed by atoms with Gasteiger partial charge in [0.05, 0.1) is 5.69 Å². The molecule has 0 radical (unpaired) electrons. The SMILES string of the molecule is Cc1cc(F)c(-c2cc(N3CCC(N)C3)n[nH]2)cc1F. The van der Waals surface area contributed by atoms with Gasteiger partial charge >= 0.3 is 0 Å². The molecule has 20 heavy (non-hydrogen) atoms. The Morgan fingerprint density at radius 2 is 2.10 bits per heavy atom. The van der Waals surface area contributed by atoms with E-state index in [4.69, 9.17) is 5.73 Å². The van der Waals surface area contributed by atoms with E-state index in [1.54, 1.807) is 6.07 Å². The number of nitrogens with one attached hydrogen (secondary N) is 1. The predicted octanol–water partition coefficient (Wildman–Crippen LogP) is 2.20. The van der Waals surface area contributed by atoms with E-state index in [1.807, 2.05) is 4.90 Å². The van der Waals surface area contributed by atoms with Crippen LogP contribution in [-0.4, -0.2) is 29.3 Å². The number of hydrogen-bond acceptors (Lipinski definition) is 3. The van der Waals surface area contributed by atoms with Crippen LogP contribution in [0.25, 0.3) is 11.3 Å². The van der Waals surface area contributed by atoms with Crippen molar-refractivity contribution >= 4 is 5.82 Å². The highest BCUT2D eigenvalue weighted by atomic mass is 19.1. The Hall–Kier alpha value is -1.95. The Kier molecular flexibility index (Phi) is 3.17. The highest BCUT2D eigenvalue weighted by molar-refractivity contribution is 5.64. The lowest BCUT2D eigenvalue weighted by Gasteiger charge is -2.13. The number of benzene rings is 1. The summed E-state index contributed by atoms with van der Waals surface area (Å²) < 4.78 is 27.5. The monoisotopic (exact) mass is 278 g/mol. The lowest BCUT2D eigenvalue weighted by molar-refractivity contribution is 0.594. The minimum Gasteiger partial charge on any atom is -0.354 e. The quantitative estimate of drug-likeness (QED) is 0.885. The average Bonchev–Trinajstić information content (AvgIpc) is 3.02. The Balaban J connectivity index is 1.92. The van der Waals surface area contributed by atoms with E-state index in [1.165, 1.54) is 19.1 Å². The summed E-state index contributed by atoms with van der Waals surface area (Å²) in [5.41, 5.74) is 6.80. The molecule has 0 bridgehead atoms. The molecular formula is C14H16F2N4. The number of anilines is 1. The van der Waals surface area contributed by atoms with Crippen molar-refractivity contribution < 1.29 is 8.78 Å². The molecule has 0 spiro atoms. The Morgan fingerprint density at radius 1 is 1.30 bits per heavy atom. The zero-order chi connectivity index (χ0) is 14.3. The van der Waals surface area contributed by atoms with E-state index in [9.17, 15) is 8.78 Å². The fourth-order valence-corrected chi connectivity index (χ4v) is 2.46.